The number of methoxy groups -OCH3 is 1. The number of hydrazone groups is 1. The van der Waals surface area contributed by atoms with Gasteiger partial charge >= 0.3 is 5.97 Å². The van der Waals surface area contributed by atoms with Gasteiger partial charge in [-0.15, -0.1) is 11.3 Å². The van der Waals surface area contributed by atoms with E-state index in [1.54, 1.807) is 51.3 Å². The zero-order valence-electron chi connectivity index (χ0n) is 21.3. The minimum absolute atomic E-state index is 0.243. The molecule has 2 aromatic carbocycles. The van der Waals surface area contributed by atoms with Crippen LogP contribution in [0.4, 0.5) is 5.00 Å². The number of nitrogens with one attached hydrogen (secondary N) is 2. The molecular formula is C27H29N3O6S. The molecule has 37 heavy (non-hydrogen) atoms. The van der Waals surface area contributed by atoms with E-state index in [4.69, 9.17) is 14.2 Å². The molecule has 1 atom stereocenters. The van der Waals surface area contributed by atoms with Crippen LogP contribution >= 0.6 is 11.3 Å². The monoisotopic (exact) mass is 523 g/mol. The Balaban J connectivity index is 1.59. The molecule has 0 aliphatic rings. The van der Waals surface area contributed by atoms with Crippen molar-refractivity contribution in [3.05, 3.63) is 75.7 Å². The average molecular weight is 524 g/mol. The summed E-state index contributed by atoms with van der Waals surface area (Å²) >= 11 is 1.32. The third-order valence-electron chi connectivity index (χ3n) is 5.41. The second-order valence-corrected chi connectivity index (χ2v) is 9.15. The minimum atomic E-state index is -0.835. The number of hydrogen-bond acceptors (Lipinski definition) is 8. The van der Waals surface area contributed by atoms with Crippen molar-refractivity contribution >= 4 is 40.3 Å². The standard InChI is InChI=1S/C27H29N3O6S/c1-6-35-27(33)23-16(2)18(4)37-26(23)29-25(32)19-11-13-21(14-12-19)36-17(3)24(31)30-28-15-20-9-7-8-10-22(20)34-5/h7-15,17H,6H2,1-5H3,(H,29,32)(H,30,31)/b28-15-/t17-/m1/s1. The zero-order chi connectivity index (χ0) is 26.9. The maximum atomic E-state index is 12.8. The number of para-hydroxylation sites is 1. The number of anilines is 1. The van der Waals surface area contributed by atoms with Crippen LogP contribution in [0.3, 0.4) is 0 Å². The van der Waals surface area contributed by atoms with E-state index >= 15 is 0 Å². The number of carbonyl (C=O) groups excluding carboxylic acids is 3. The molecule has 0 radical (unpaired) electrons. The lowest BCUT2D eigenvalue weighted by Gasteiger charge is -2.13. The molecule has 0 spiro atoms. The molecule has 2 N–H and O–H groups in total. The third kappa shape index (κ3) is 6.95. The predicted octanol–water partition coefficient (Wildman–Crippen LogP) is 4.72. The predicted molar refractivity (Wildman–Crippen MR) is 143 cm³/mol. The molecule has 0 bridgehead atoms. The highest BCUT2D eigenvalue weighted by atomic mass is 32.1. The van der Waals surface area contributed by atoms with Crippen molar-refractivity contribution in [3.63, 3.8) is 0 Å². The van der Waals surface area contributed by atoms with Gasteiger partial charge in [-0.25, -0.2) is 10.2 Å². The van der Waals surface area contributed by atoms with Gasteiger partial charge in [-0.3, -0.25) is 9.59 Å². The first-order chi connectivity index (χ1) is 17.7. The molecule has 0 fully saturated rings. The maximum Gasteiger partial charge on any atom is 0.341 e. The van der Waals surface area contributed by atoms with Crippen LogP contribution in [-0.2, 0) is 9.53 Å². The highest BCUT2D eigenvalue weighted by molar-refractivity contribution is 7.16. The van der Waals surface area contributed by atoms with E-state index < -0.39 is 18.0 Å². The van der Waals surface area contributed by atoms with Crippen LogP contribution in [0.25, 0.3) is 0 Å². The molecule has 194 valence electrons. The van der Waals surface area contributed by atoms with Gasteiger partial charge < -0.3 is 19.5 Å². The fourth-order valence-electron chi connectivity index (χ4n) is 3.31. The lowest BCUT2D eigenvalue weighted by atomic mass is 10.1. The Morgan fingerprint density at radius 1 is 1.08 bits per heavy atom. The van der Waals surface area contributed by atoms with Gasteiger partial charge in [0.2, 0.25) is 0 Å². The summed E-state index contributed by atoms with van der Waals surface area (Å²) in [7, 11) is 1.56. The number of benzene rings is 2. The zero-order valence-corrected chi connectivity index (χ0v) is 22.1. The van der Waals surface area contributed by atoms with Crippen LogP contribution in [0, 0.1) is 13.8 Å². The molecule has 10 heteroatoms. The van der Waals surface area contributed by atoms with Crippen LogP contribution in [-0.4, -0.2) is 43.8 Å². The van der Waals surface area contributed by atoms with Gasteiger partial charge in [-0.1, -0.05) is 12.1 Å². The number of aryl methyl sites for hydroxylation is 1. The fraction of sp³-hybridized carbons (Fsp3) is 0.259. The first kappa shape index (κ1) is 27.4. The Labute approximate surface area is 219 Å². The molecule has 0 saturated heterocycles. The number of thiophene rings is 1. The highest BCUT2D eigenvalue weighted by Crippen LogP contribution is 2.33. The smallest absolute Gasteiger partial charge is 0.341 e. The van der Waals surface area contributed by atoms with Gasteiger partial charge in [0.1, 0.15) is 16.5 Å². The van der Waals surface area contributed by atoms with Gasteiger partial charge in [-0.05, 0) is 69.7 Å². The summed E-state index contributed by atoms with van der Waals surface area (Å²) in [6.07, 6.45) is 0.652. The highest BCUT2D eigenvalue weighted by Gasteiger charge is 2.22. The Kier molecular flexibility index (Phi) is 9.39. The average Bonchev–Trinajstić information content (AvgIpc) is 3.17. The lowest BCUT2D eigenvalue weighted by molar-refractivity contribution is -0.127. The molecule has 0 unspecified atom stereocenters. The topological polar surface area (TPSA) is 115 Å². The van der Waals surface area contributed by atoms with E-state index in [1.807, 2.05) is 32.0 Å². The van der Waals surface area contributed by atoms with Crippen LogP contribution in [0.1, 0.15) is 50.6 Å². The number of amides is 2. The SMILES string of the molecule is CCOC(=O)c1c(NC(=O)c2ccc(O[C@H](C)C(=O)N/N=C\c3ccccc3OC)cc2)sc(C)c1C. The van der Waals surface area contributed by atoms with Crippen molar-refractivity contribution < 1.29 is 28.6 Å². The van der Waals surface area contributed by atoms with E-state index in [-0.39, 0.29) is 12.5 Å². The van der Waals surface area contributed by atoms with Crippen LogP contribution < -0.4 is 20.2 Å². The van der Waals surface area contributed by atoms with E-state index in [2.05, 4.69) is 15.8 Å². The van der Waals surface area contributed by atoms with Crippen molar-refractivity contribution in [2.45, 2.75) is 33.8 Å². The molecule has 1 heterocycles. The Hall–Kier alpha value is -4.18. The van der Waals surface area contributed by atoms with E-state index in [1.165, 1.54) is 17.6 Å². The Bertz CT molecular complexity index is 1300. The van der Waals surface area contributed by atoms with Crippen molar-refractivity contribution in [2.75, 3.05) is 19.0 Å². The van der Waals surface area contributed by atoms with Crippen LogP contribution in [0.15, 0.2) is 53.6 Å². The second kappa shape index (κ2) is 12.7. The number of esters is 1. The number of nitrogens with zero attached hydrogens (tertiary/aromatic N) is 1. The molecule has 0 saturated carbocycles. The van der Waals surface area contributed by atoms with Gasteiger partial charge in [0.15, 0.2) is 6.10 Å². The van der Waals surface area contributed by atoms with Crippen molar-refractivity contribution in [1.82, 2.24) is 5.43 Å². The molecular weight excluding hydrogens is 494 g/mol. The van der Waals surface area contributed by atoms with Crippen molar-refractivity contribution in [3.8, 4) is 11.5 Å². The van der Waals surface area contributed by atoms with Crippen LogP contribution in [0.2, 0.25) is 0 Å². The Morgan fingerprint density at radius 3 is 2.46 bits per heavy atom. The Morgan fingerprint density at radius 2 is 1.78 bits per heavy atom. The second-order valence-electron chi connectivity index (χ2n) is 7.92. The molecule has 2 amide bonds. The molecule has 3 rings (SSSR count). The largest absolute Gasteiger partial charge is 0.496 e. The number of ether oxygens (including phenoxy) is 3. The van der Waals surface area contributed by atoms with Gasteiger partial charge in [0.05, 0.1) is 25.5 Å². The summed E-state index contributed by atoms with van der Waals surface area (Å²) in [6.45, 7) is 7.26. The summed E-state index contributed by atoms with van der Waals surface area (Å²) in [5, 5.41) is 7.20. The first-order valence-corrected chi connectivity index (χ1v) is 12.4. The maximum absolute atomic E-state index is 12.8. The summed E-state index contributed by atoms with van der Waals surface area (Å²) in [5.74, 6) is -0.251. The number of hydrogen-bond donors (Lipinski definition) is 2. The van der Waals surface area contributed by atoms with E-state index in [0.717, 1.165) is 16.0 Å². The van der Waals surface area contributed by atoms with Crippen molar-refractivity contribution in [1.29, 1.82) is 0 Å². The summed E-state index contributed by atoms with van der Waals surface area (Å²) < 4.78 is 16.0. The molecule has 1 aromatic heterocycles. The van der Waals surface area contributed by atoms with Gasteiger partial charge in [-0.2, -0.15) is 5.10 Å². The quantitative estimate of drug-likeness (QED) is 0.226. The summed E-state index contributed by atoms with van der Waals surface area (Å²) in [5.41, 5.74) is 4.67. The lowest BCUT2D eigenvalue weighted by Crippen LogP contribution is -2.33. The summed E-state index contributed by atoms with van der Waals surface area (Å²) in [6, 6.07) is 13.6. The third-order valence-corrected chi connectivity index (χ3v) is 6.53. The minimum Gasteiger partial charge on any atom is -0.496 e. The molecule has 3 aromatic rings. The van der Waals surface area contributed by atoms with E-state index in [9.17, 15) is 14.4 Å². The normalized spacial score (nSPS) is 11.6. The van der Waals surface area contributed by atoms with Gasteiger partial charge in [0, 0.05) is 16.0 Å². The van der Waals surface area contributed by atoms with Gasteiger partial charge in [0.25, 0.3) is 11.8 Å². The van der Waals surface area contributed by atoms with Crippen molar-refractivity contribution in [2.24, 2.45) is 5.10 Å². The number of rotatable bonds is 10. The molecule has 0 aliphatic heterocycles. The summed E-state index contributed by atoms with van der Waals surface area (Å²) in [4.78, 5) is 38.4. The number of carbonyl (C=O) groups is 3. The van der Waals surface area contributed by atoms with Crippen LogP contribution in [0.5, 0.6) is 11.5 Å². The van der Waals surface area contributed by atoms with E-state index in [0.29, 0.717) is 27.6 Å². The fourth-order valence-corrected chi connectivity index (χ4v) is 4.35. The molecule has 0 aliphatic carbocycles. The first-order valence-electron chi connectivity index (χ1n) is 11.6. The molecule has 9 nitrogen and oxygen atoms in total.